The number of alkyl halides is 2. The van der Waals surface area contributed by atoms with Crippen LogP contribution in [-0.2, 0) is 22.0 Å². The molecule has 0 saturated carbocycles. The zero-order chi connectivity index (χ0) is 22.1. The van der Waals surface area contributed by atoms with E-state index < -0.39 is 22.3 Å². The van der Waals surface area contributed by atoms with E-state index in [4.69, 9.17) is 4.42 Å². The van der Waals surface area contributed by atoms with Crippen molar-refractivity contribution < 1.29 is 21.6 Å². The molecule has 0 amide bonds. The van der Waals surface area contributed by atoms with Gasteiger partial charge in [-0.3, -0.25) is 0 Å². The van der Waals surface area contributed by atoms with Crippen molar-refractivity contribution in [2.45, 2.75) is 46.1 Å². The van der Waals surface area contributed by atoms with E-state index in [0.29, 0.717) is 9.88 Å². The first-order valence-electron chi connectivity index (χ1n) is 9.05. The number of hydrogen-bond donors (Lipinski definition) is 0. The first-order valence-corrected chi connectivity index (χ1v) is 11.5. The number of thiazole rings is 1. The fourth-order valence-corrected chi connectivity index (χ4v) is 4.42. The molecule has 0 saturated heterocycles. The molecule has 3 heterocycles. The smallest absolute Gasteiger partial charge is 0.314 e. The number of hydrogen-bond acceptors (Lipinski definition) is 8. The SMILES string of the molecule is CCS(=O)(=O)N(Cc1ncc(-c2nnc(C(F)F)o2)s1)c1ccc(C(C)(C)C)cn1. The molecule has 0 aliphatic rings. The second kappa shape index (κ2) is 8.34. The van der Waals surface area contributed by atoms with Crippen LogP contribution in [0.15, 0.2) is 28.9 Å². The van der Waals surface area contributed by atoms with E-state index in [9.17, 15) is 17.2 Å². The molecule has 0 atom stereocenters. The molecule has 0 bridgehead atoms. The van der Waals surface area contributed by atoms with Gasteiger partial charge in [-0.15, -0.1) is 21.5 Å². The number of rotatable bonds is 7. The number of halogens is 2. The van der Waals surface area contributed by atoms with E-state index in [1.54, 1.807) is 19.2 Å². The predicted octanol–water partition coefficient (Wildman–Crippen LogP) is 4.18. The van der Waals surface area contributed by atoms with Crippen LogP contribution in [-0.4, -0.2) is 34.3 Å². The van der Waals surface area contributed by atoms with Crippen LogP contribution < -0.4 is 4.31 Å². The maximum absolute atomic E-state index is 12.7. The maximum Gasteiger partial charge on any atom is 0.314 e. The van der Waals surface area contributed by atoms with E-state index in [2.05, 4.69) is 20.2 Å². The summed E-state index contributed by atoms with van der Waals surface area (Å²) in [6.45, 7) is 7.61. The molecule has 0 unspecified atom stereocenters. The molecule has 0 aromatic carbocycles. The molecular formula is C18H21F2N5O3S2. The minimum Gasteiger partial charge on any atom is -0.414 e. The summed E-state index contributed by atoms with van der Waals surface area (Å²) < 4.78 is 56.8. The molecule has 0 fully saturated rings. The van der Waals surface area contributed by atoms with Gasteiger partial charge in [0, 0.05) is 6.20 Å². The Kier molecular flexibility index (Phi) is 6.18. The molecule has 0 aliphatic carbocycles. The van der Waals surface area contributed by atoms with Gasteiger partial charge in [0.15, 0.2) is 0 Å². The summed E-state index contributed by atoms with van der Waals surface area (Å²) >= 11 is 1.08. The third kappa shape index (κ3) is 4.81. The van der Waals surface area contributed by atoms with Crippen LogP contribution in [0.25, 0.3) is 10.8 Å². The third-order valence-electron chi connectivity index (χ3n) is 4.24. The Morgan fingerprint density at radius 3 is 2.43 bits per heavy atom. The highest BCUT2D eigenvalue weighted by Gasteiger charge is 2.25. The van der Waals surface area contributed by atoms with E-state index in [1.165, 1.54) is 10.5 Å². The molecule has 12 heteroatoms. The van der Waals surface area contributed by atoms with Gasteiger partial charge in [-0.1, -0.05) is 26.8 Å². The highest BCUT2D eigenvalue weighted by atomic mass is 32.2. The second-order valence-electron chi connectivity index (χ2n) is 7.43. The van der Waals surface area contributed by atoms with Gasteiger partial charge in [-0.25, -0.2) is 22.7 Å². The van der Waals surface area contributed by atoms with E-state index >= 15 is 0 Å². The first-order chi connectivity index (χ1) is 14.0. The summed E-state index contributed by atoms with van der Waals surface area (Å²) in [5, 5.41) is 7.30. The van der Waals surface area contributed by atoms with E-state index in [-0.39, 0.29) is 29.4 Å². The lowest BCUT2D eigenvalue weighted by Crippen LogP contribution is -2.32. The van der Waals surface area contributed by atoms with Crippen LogP contribution in [0.4, 0.5) is 14.6 Å². The van der Waals surface area contributed by atoms with Crippen LogP contribution >= 0.6 is 11.3 Å². The quantitative estimate of drug-likeness (QED) is 0.524. The second-order valence-corrected chi connectivity index (χ2v) is 10.7. The normalized spacial score (nSPS) is 12.5. The number of anilines is 1. The zero-order valence-electron chi connectivity index (χ0n) is 16.8. The summed E-state index contributed by atoms with van der Waals surface area (Å²) in [5.74, 6) is -0.709. The zero-order valence-corrected chi connectivity index (χ0v) is 18.5. The van der Waals surface area contributed by atoms with Gasteiger partial charge in [0.25, 0.3) is 11.8 Å². The minimum atomic E-state index is -3.64. The lowest BCUT2D eigenvalue weighted by molar-refractivity contribution is 0.116. The van der Waals surface area contributed by atoms with Crippen molar-refractivity contribution in [3.05, 3.63) is 41.0 Å². The standard InChI is InChI=1S/C18H21F2N5O3S2/c1-5-30(26,27)25(13-7-6-11(8-21-13)18(2,3)4)10-14-22-9-12(29-14)16-23-24-17(28-16)15(19)20/h6-9,15H,5,10H2,1-4H3. The molecule has 8 nitrogen and oxygen atoms in total. The summed E-state index contributed by atoms with van der Waals surface area (Å²) in [4.78, 5) is 8.90. The summed E-state index contributed by atoms with van der Waals surface area (Å²) in [5.41, 5.74) is 0.855. The van der Waals surface area contributed by atoms with Crippen molar-refractivity contribution >= 4 is 27.2 Å². The van der Waals surface area contributed by atoms with Crippen molar-refractivity contribution in [1.29, 1.82) is 0 Å². The van der Waals surface area contributed by atoms with Gasteiger partial charge in [0.05, 0.1) is 18.5 Å². The van der Waals surface area contributed by atoms with Crippen LogP contribution in [0.5, 0.6) is 0 Å². The average molecular weight is 458 g/mol. The number of pyridine rings is 1. The molecule has 3 aromatic heterocycles. The molecule has 0 radical (unpaired) electrons. The number of sulfonamides is 1. The number of nitrogens with zero attached hydrogens (tertiary/aromatic N) is 5. The molecule has 3 rings (SSSR count). The summed E-state index contributed by atoms with van der Waals surface area (Å²) in [6.07, 6.45) is 0.173. The fourth-order valence-electron chi connectivity index (χ4n) is 2.48. The maximum atomic E-state index is 12.7. The minimum absolute atomic E-state index is 0.0570. The summed E-state index contributed by atoms with van der Waals surface area (Å²) in [6, 6.07) is 3.51. The van der Waals surface area contributed by atoms with Gasteiger partial charge < -0.3 is 4.42 Å². The van der Waals surface area contributed by atoms with Crippen molar-refractivity contribution in [2.75, 3.05) is 10.1 Å². The summed E-state index contributed by atoms with van der Waals surface area (Å²) in [7, 11) is -3.64. The van der Waals surface area contributed by atoms with Crippen molar-refractivity contribution in [2.24, 2.45) is 0 Å². The van der Waals surface area contributed by atoms with Crippen LogP contribution in [0.1, 0.15) is 50.6 Å². The molecule has 3 aromatic rings. The Morgan fingerprint density at radius 2 is 1.90 bits per heavy atom. The lowest BCUT2D eigenvalue weighted by atomic mass is 9.88. The number of aromatic nitrogens is 4. The largest absolute Gasteiger partial charge is 0.414 e. The Bertz CT molecular complexity index is 1110. The third-order valence-corrected chi connectivity index (χ3v) is 6.93. The highest BCUT2D eigenvalue weighted by Crippen LogP contribution is 2.30. The van der Waals surface area contributed by atoms with E-state index in [1.807, 2.05) is 26.8 Å². The van der Waals surface area contributed by atoms with Crippen molar-refractivity contribution in [3.63, 3.8) is 0 Å². The van der Waals surface area contributed by atoms with Crippen LogP contribution in [0.2, 0.25) is 0 Å². The Hall–Kier alpha value is -2.47. The molecular weight excluding hydrogens is 436 g/mol. The van der Waals surface area contributed by atoms with Gasteiger partial charge in [-0.05, 0) is 24.0 Å². The van der Waals surface area contributed by atoms with Crippen LogP contribution in [0, 0.1) is 0 Å². The first kappa shape index (κ1) is 22.2. The van der Waals surface area contributed by atoms with Gasteiger partial charge in [0.2, 0.25) is 10.0 Å². The Labute approximate surface area is 177 Å². The molecule has 0 spiro atoms. The molecule has 0 aliphatic heterocycles. The fraction of sp³-hybridized carbons (Fsp3) is 0.444. The Morgan fingerprint density at radius 1 is 1.17 bits per heavy atom. The lowest BCUT2D eigenvalue weighted by Gasteiger charge is -2.23. The van der Waals surface area contributed by atoms with E-state index in [0.717, 1.165) is 16.9 Å². The van der Waals surface area contributed by atoms with Gasteiger partial charge in [0.1, 0.15) is 15.7 Å². The van der Waals surface area contributed by atoms with Crippen LogP contribution in [0.3, 0.4) is 0 Å². The Balaban J connectivity index is 1.89. The van der Waals surface area contributed by atoms with Gasteiger partial charge in [-0.2, -0.15) is 8.78 Å². The van der Waals surface area contributed by atoms with Gasteiger partial charge >= 0.3 is 6.43 Å². The average Bonchev–Trinajstić information content (AvgIpc) is 3.35. The topological polar surface area (TPSA) is 102 Å². The highest BCUT2D eigenvalue weighted by molar-refractivity contribution is 7.92. The molecule has 30 heavy (non-hydrogen) atoms. The molecule has 162 valence electrons. The molecule has 0 N–H and O–H groups in total. The van der Waals surface area contributed by atoms with Crippen molar-refractivity contribution in [1.82, 2.24) is 20.2 Å². The van der Waals surface area contributed by atoms with Crippen molar-refractivity contribution in [3.8, 4) is 10.8 Å². The monoisotopic (exact) mass is 457 g/mol. The predicted molar refractivity (Wildman–Crippen MR) is 109 cm³/mol.